The Hall–Kier alpha value is -2.05. The number of hydrogen-bond donors (Lipinski definition) is 1. The molecule has 3 heterocycles. The predicted octanol–water partition coefficient (Wildman–Crippen LogP) is 2.18. The summed E-state index contributed by atoms with van der Waals surface area (Å²) in [5.74, 6) is 1.75. The molecule has 1 aliphatic rings. The third-order valence-corrected chi connectivity index (χ3v) is 4.25. The molecule has 0 amide bonds. The van der Waals surface area contributed by atoms with Gasteiger partial charge in [0, 0.05) is 49.4 Å². The highest BCUT2D eigenvalue weighted by molar-refractivity contribution is 5.57. The summed E-state index contributed by atoms with van der Waals surface area (Å²) in [6, 6.07) is 5.94. The number of nitrogens with two attached hydrogens (primary N) is 1. The van der Waals surface area contributed by atoms with Crippen molar-refractivity contribution in [3.05, 3.63) is 36.3 Å². The van der Waals surface area contributed by atoms with Crippen molar-refractivity contribution in [1.82, 2.24) is 15.0 Å². The monoisotopic (exact) mass is 327 g/mol. The van der Waals surface area contributed by atoms with Gasteiger partial charge in [0.25, 0.3) is 0 Å². The average Bonchev–Trinajstić information content (AvgIpc) is 2.63. The van der Waals surface area contributed by atoms with E-state index in [1.54, 1.807) is 12.4 Å². The minimum absolute atomic E-state index is 0.343. The lowest BCUT2D eigenvalue weighted by Gasteiger charge is -2.33. The first kappa shape index (κ1) is 16.8. The van der Waals surface area contributed by atoms with Crippen LogP contribution in [0, 0.1) is 6.92 Å². The number of aromatic nitrogens is 3. The fourth-order valence-electron chi connectivity index (χ4n) is 2.93. The summed E-state index contributed by atoms with van der Waals surface area (Å²) in [6.45, 7) is 5.38. The number of nitrogens with zero attached hydrogens (tertiary/aromatic N) is 4. The van der Waals surface area contributed by atoms with Crippen molar-refractivity contribution in [2.45, 2.75) is 32.3 Å². The van der Waals surface area contributed by atoms with E-state index in [4.69, 9.17) is 15.5 Å². The zero-order valence-electron chi connectivity index (χ0n) is 14.2. The largest absolute Gasteiger partial charge is 0.378 e. The van der Waals surface area contributed by atoms with Gasteiger partial charge in [-0.3, -0.25) is 4.98 Å². The van der Waals surface area contributed by atoms with Crippen LogP contribution >= 0.6 is 0 Å². The van der Waals surface area contributed by atoms with Crippen molar-refractivity contribution in [2.75, 3.05) is 31.1 Å². The van der Waals surface area contributed by atoms with Crippen molar-refractivity contribution in [1.29, 1.82) is 0 Å². The number of rotatable bonds is 6. The van der Waals surface area contributed by atoms with Crippen molar-refractivity contribution in [3.63, 3.8) is 0 Å². The van der Waals surface area contributed by atoms with Crippen molar-refractivity contribution < 1.29 is 4.74 Å². The molecule has 0 radical (unpaired) electrons. The molecule has 0 aliphatic carbocycles. The normalized spacial score (nSPS) is 15.7. The summed E-state index contributed by atoms with van der Waals surface area (Å²) in [5.41, 5.74) is 7.49. The number of pyridine rings is 1. The second-order valence-corrected chi connectivity index (χ2v) is 6.13. The maximum atomic E-state index is 5.88. The number of aryl methyl sites for hydroxylation is 1. The molecule has 0 unspecified atom stereocenters. The number of ether oxygens (including phenoxy) is 1. The highest BCUT2D eigenvalue weighted by Crippen LogP contribution is 2.23. The molecule has 6 nitrogen and oxygen atoms in total. The molecule has 2 aromatic rings. The molecule has 0 bridgehead atoms. The maximum Gasteiger partial charge on any atom is 0.161 e. The fraction of sp³-hybridized carbons (Fsp3) is 0.500. The van der Waals surface area contributed by atoms with Gasteiger partial charge >= 0.3 is 0 Å². The highest BCUT2D eigenvalue weighted by atomic mass is 16.5. The maximum absolute atomic E-state index is 5.88. The molecule has 0 spiro atoms. The van der Waals surface area contributed by atoms with Crippen LogP contribution in [0.15, 0.2) is 30.6 Å². The van der Waals surface area contributed by atoms with Crippen LogP contribution in [-0.4, -0.2) is 47.3 Å². The summed E-state index contributed by atoms with van der Waals surface area (Å²) in [6.07, 6.45) is 6.86. The van der Waals surface area contributed by atoms with Crippen molar-refractivity contribution in [3.8, 4) is 11.4 Å². The number of hydrogen-bond acceptors (Lipinski definition) is 6. The van der Waals surface area contributed by atoms with E-state index >= 15 is 0 Å². The lowest BCUT2D eigenvalue weighted by molar-refractivity contribution is 0.0365. The van der Waals surface area contributed by atoms with E-state index in [1.165, 1.54) is 0 Å². The summed E-state index contributed by atoms with van der Waals surface area (Å²) in [5, 5.41) is 0. The Morgan fingerprint density at radius 3 is 2.67 bits per heavy atom. The molecule has 6 heteroatoms. The van der Waals surface area contributed by atoms with Gasteiger partial charge in [-0.25, -0.2) is 9.97 Å². The third-order valence-electron chi connectivity index (χ3n) is 4.25. The Morgan fingerprint density at radius 2 is 1.96 bits per heavy atom. The Balaban J connectivity index is 1.67. The fourth-order valence-corrected chi connectivity index (χ4v) is 2.93. The minimum Gasteiger partial charge on any atom is -0.378 e. The number of anilines is 1. The van der Waals surface area contributed by atoms with Crippen LogP contribution in [0.3, 0.4) is 0 Å². The SMILES string of the molecule is Cc1cc(N2CCC(OCCCN)CC2)nc(-c2ccncc2)n1. The smallest absolute Gasteiger partial charge is 0.161 e. The summed E-state index contributed by atoms with van der Waals surface area (Å²) >= 11 is 0. The zero-order valence-corrected chi connectivity index (χ0v) is 14.2. The molecule has 128 valence electrons. The van der Waals surface area contributed by atoms with Gasteiger partial charge in [0.2, 0.25) is 0 Å². The number of piperidine rings is 1. The van der Waals surface area contributed by atoms with Crippen LogP contribution in [0.2, 0.25) is 0 Å². The van der Waals surface area contributed by atoms with Gasteiger partial charge in [-0.2, -0.15) is 0 Å². The third kappa shape index (κ3) is 4.27. The minimum atomic E-state index is 0.343. The zero-order chi connectivity index (χ0) is 16.8. The van der Waals surface area contributed by atoms with Gasteiger partial charge in [-0.15, -0.1) is 0 Å². The first-order chi connectivity index (χ1) is 11.8. The van der Waals surface area contributed by atoms with Crippen molar-refractivity contribution in [2.24, 2.45) is 5.73 Å². The molecule has 2 N–H and O–H groups in total. The van der Waals surface area contributed by atoms with Crippen LogP contribution in [0.1, 0.15) is 25.0 Å². The Kier molecular flexibility index (Phi) is 5.72. The Bertz CT molecular complexity index is 641. The van der Waals surface area contributed by atoms with E-state index in [-0.39, 0.29) is 0 Å². The molecule has 3 rings (SSSR count). The Labute approximate surface area is 143 Å². The Morgan fingerprint density at radius 1 is 1.21 bits per heavy atom. The van der Waals surface area contributed by atoms with E-state index in [1.807, 2.05) is 19.1 Å². The highest BCUT2D eigenvalue weighted by Gasteiger charge is 2.21. The van der Waals surface area contributed by atoms with E-state index in [2.05, 4.69) is 20.9 Å². The topological polar surface area (TPSA) is 77.2 Å². The summed E-state index contributed by atoms with van der Waals surface area (Å²) in [7, 11) is 0. The quantitative estimate of drug-likeness (QED) is 0.820. The molecule has 1 aliphatic heterocycles. The molecule has 0 aromatic carbocycles. The van der Waals surface area contributed by atoms with Crippen molar-refractivity contribution >= 4 is 5.82 Å². The van der Waals surface area contributed by atoms with E-state index in [9.17, 15) is 0 Å². The van der Waals surface area contributed by atoms with Crippen LogP contribution in [0.5, 0.6) is 0 Å². The lowest BCUT2D eigenvalue weighted by Crippen LogP contribution is -2.37. The van der Waals surface area contributed by atoms with Gasteiger partial charge in [0.05, 0.1) is 6.10 Å². The van der Waals surface area contributed by atoms with Crippen LogP contribution < -0.4 is 10.6 Å². The predicted molar refractivity (Wildman–Crippen MR) is 94.9 cm³/mol. The molecule has 1 saturated heterocycles. The standard InChI is InChI=1S/C18H25N5O/c1-14-13-17(22-18(21-14)15-3-8-20-9-4-15)23-10-5-16(6-11-23)24-12-2-7-19/h3-4,8-9,13,16H,2,5-7,10-12,19H2,1H3. The van der Waals surface area contributed by atoms with Gasteiger partial charge in [-0.1, -0.05) is 0 Å². The van der Waals surface area contributed by atoms with Gasteiger partial charge in [0.1, 0.15) is 5.82 Å². The lowest BCUT2D eigenvalue weighted by atomic mass is 10.1. The molecule has 0 saturated carbocycles. The van der Waals surface area contributed by atoms with Gasteiger partial charge in [-0.05, 0) is 44.9 Å². The molecule has 2 aromatic heterocycles. The second kappa shape index (κ2) is 8.17. The van der Waals surface area contributed by atoms with Gasteiger partial charge < -0.3 is 15.4 Å². The first-order valence-corrected chi connectivity index (χ1v) is 8.59. The first-order valence-electron chi connectivity index (χ1n) is 8.59. The van der Waals surface area contributed by atoms with Crippen LogP contribution in [0.25, 0.3) is 11.4 Å². The van der Waals surface area contributed by atoms with Crippen LogP contribution in [-0.2, 0) is 4.74 Å². The van der Waals surface area contributed by atoms with Crippen LogP contribution in [0.4, 0.5) is 5.82 Å². The van der Waals surface area contributed by atoms with E-state index < -0.39 is 0 Å². The second-order valence-electron chi connectivity index (χ2n) is 6.13. The molecular formula is C18H25N5O. The molecular weight excluding hydrogens is 302 g/mol. The molecule has 1 fully saturated rings. The van der Waals surface area contributed by atoms with Gasteiger partial charge in [0.15, 0.2) is 5.82 Å². The average molecular weight is 327 g/mol. The summed E-state index contributed by atoms with van der Waals surface area (Å²) in [4.78, 5) is 15.7. The summed E-state index contributed by atoms with van der Waals surface area (Å²) < 4.78 is 5.88. The van der Waals surface area contributed by atoms with E-state index in [0.717, 1.165) is 61.9 Å². The van der Waals surface area contributed by atoms with E-state index in [0.29, 0.717) is 12.6 Å². The molecule has 0 atom stereocenters. The molecule has 24 heavy (non-hydrogen) atoms.